The molecule has 2 rings (SSSR count). The maximum atomic E-state index is 11.9. The van der Waals surface area contributed by atoms with E-state index >= 15 is 0 Å². The third-order valence-electron chi connectivity index (χ3n) is 3.45. The van der Waals surface area contributed by atoms with Gasteiger partial charge in [-0.05, 0) is 48.4 Å². The molecule has 0 atom stereocenters. The molecule has 4 nitrogen and oxygen atoms in total. The van der Waals surface area contributed by atoms with E-state index in [4.69, 9.17) is 0 Å². The predicted molar refractivity (Wildman–Crippen MR) is 94.4 cm³/mol. The number of rotatable bonds is 8. The van der Waals surface area contributed by atoms with Gasteiger partial charge in [-0.15, -0.1) is 0 Å². The smallest absolute Gasteiger partial charge is 0.251 e. The van der Waals surface area contributed by atoms with Crippen molar-refractivity contribution in [2.45, 2.75) is 37.6 Å². The number of carbonyl (C=O) groups is 1. The monoisotopic (exact) mass is 330 g/mol. The molecule has 0 aliphatic rings. The van der Waals surface area contributed by atoms with Crippen molar-refractivity contribution in [1.29, 1.82) is 0 Å². The topological polar surface area (TPSA) is 56.0 Å². The van der Waals surface area contributed by atoms with E-state index in [1.165, 1.54) is 42.8 Å². The second-order valence-electron chi connectivity index (χ2n) is 5.36. The molecule has 1 aromatic carbocycles. The van der Waals surface area contributed by atoms with Gasteiger partial charge in [0, 0.05) is 17.8 Å². The summed E-state index contributed by atoms with van der Waals surface area (Å²) in [6.07, 6.45) is 6.17. The Morgan fingerprint density at radius 3 is 2.65 bits per heavy atom. The predicted octanol–water partition coefficient (Wildman–Crippen LogP) is 3.78. The van der Waals surface area contributed by atoms with Gasteiger partial charge in [0.05, 0.1) is 5.75 Å². The number of nitrogens with zero attached hydrogens (tertiary/aromatic N) is 1. The minimum Gasteiger partial charge on any atom is -0.618 e. The first-order valence-corrected chi connectivity index (χ1v) is 8.87. The van der Waals surface area contributed by atoms with Gasteiger partial charge in [-0.3, -0.25) is 4.79 Å². The molecule has 1 N–H and O–H groups in total. The largest absolute Gasteiger partial charge is 0.618 e. The van der Waals surface area contributed by atoms with E-state index in [0.29, 0.717) is 5.03 Å². The fourth-order valence-corrected chi connectivity index (χ4v) is 2.91. The average Bonchev–Trinajstić information content (AvgIpc) is 2.56. The molecule has 2 aromatic rings. The first kappa shape index (κ1) is 17.3. The molecule has 0 aliphatic heterocycles. The Morgan fingerprint density at radius 2 is 1.96 bits per heavy atom. The van der Waals surface area contributed by atoms with E-state index in [2.05, 4.69) is 24.4 Å². The molecule has 23 heavy (non-hydrogen) atoms. The highest BCUT2D eigenvalue weighted by Crippen LogP contribution is 2.15. The summed E-state index contributed by atoms with van der Waals surface area (Å²) in [5.41, 5.74) is 2.08. The van der Waals surface area contributed by atoms with Crippen LogP contribution in [0.2, 0.25) is 0 Å². The number of pyridine rings is 1. The summed E-state index contributed by atoms with van der Waals surface area (Å²) in [6.45, 7) is 2.19. The van der Waals surface area contributed by atoms with Crippen LogP contribution in [0.3, 0.4) is 0 Å². The normalized spacial score (nSPS) is 10.5. The van der Waals surface area contributed by atoms with Gasteiger partial charge in [-0.25, -0.2) is 0 Å². The van der Waals surface area contributed by atoms with Crippen LogP contribution < -0.4 is 10.0 Å². The molecule has 1 aromatic heterocycles. The van der Waals surface area contributed by atoms with Crippen molar-refractivity contribution in [3.63, 3.8) is 0 Å². The second-order valence-corrected chi connectivity index (χ2v) is 6.35. The number of hydrogen-bond donors (Lipinski definition) is 1. The summed E-state index contributed by atoms with van der Waals surface area (Å²) in [7, 11) is 0. The fraction of sp³-hybridized carbons (Fsp3) is 0.333. The molecule has 0 saturated heterocycles. The third kappa shape index (κ3) is 5.94. The molecular formula is C18H22N2O2S. The van der Waals surface area contributed by atoms with E-state index in [9.17, 15) is 10.0 Å². The fourth-order valence-electron chi connectivity index (χ4n) is 2.19. The van der Waals surface area contributed by atoms with Crippen molar-refractivity contribution in [2.24, 2.45) is 0 Å². The van der Waals surface area contributed by atoms with Crippen LogP contribution in [0.25, 0.3) is 0 Å². The number of unbranched alkanes of at least 4 members (excludes halogenated alkanes) is 2. The maximum Gasteiger partial charge on any atom is 0.251 e. The number of aryl methyl sites for hydroxylation is 1. The van der Waals surface area contributed by atoms with Gasteiger partial charge in [-0.1, -0.05) is 31.9 Å². The molecule has 0 radical (unpaired) electrons. The Morgan fingerprint density at radius 1 is 1.17 bits per heavy atom. The highest BCUT2D eigenvalue weighted by Gasteiger charge is 2.09. The van der Waals surface area contributed by atoms with E-state index in [1.54, 1.807) is 18.2 Å². The van der Waals surface area contributed by atoms with Crippen molar-refractivity contribution >= 4 is 23.4 Å². The Hall–Kier alpha value is -2.01. The maximum absolute atomic E-state index is 11.9. The van der Waals surface area contributed by atoms with Crippen molar-refractivity contribution in [2.75, 3.05) is 11.1 Å². The molecule has 0 bridgehead atoms. The molecule has 0 saturated carbocycles. The summed E-state index contributed by atoms with van der Waals surface area (Å²) in [5.74, 6) is 0.0995. The van der Waals surface area contributed by atoms with Gasteiger partial charge in [0.1, 0.15) is 0 Å². The number of nitrogens with one attached hydrogen (secondary N) is 1. The minimum absolute atomic E-state index is 0.113. The molecular weight excluding hydrogens is 308 g/mol. The van der Waals surface area contributed by atoms with Crippen LogP contribution in [0, 0.1) is 5.21 Å². The van der Waals surface area contributed by atoms with Crippen LogP contribution in [0.15, 0.2) is 53.7 Å². The van der Waals surface area contributed by atoms with Gasteiger partial charge < -0.3 is 10.5 Å². The Kier molecular flexibility index (Phi) is 6.94. The molecule has 122 valence electrons. The van der Waals surface area contributed by atoms with Crippen molar-refractivity contribution < 1.29 is 9.52 Å². The van der Waals surface area contributed by atoms with Crippen molar-refractivity contribution in [1.82, 2.24) is 0 Å². The van der Waals surface area contributed by atoms with E-state index < -0.39 is 0 Å². The van der Waals surface area contributed by atoms with Crippen molar-refractivity contribution in [3.8, 4) is 0 Å². The molecule has 1 amide bonds. The quantitative estimate of drug-likeness (QED) is 0.347. The zero-order chi connectivity index (χ0) is 16.5. The Labute approximate surface area is 141 Å². The Bertz CT molecular complexity index is 629. The molecule has 0 unspecified atom stereocenters. The molecule has 0 aliphatic carbocycles. The lowest BCUT2D eigenvalue weighted by molar-refractivity contribution is -0.645. The van der Waals surface area contributed by atoms with Crippen LogP contribution >= 0.6 is 11.8 Å². The molecule has 1 heterocycles. The lowest BCUT2D eigenvalue weighted by Crippen LogP contribution is -2.28. The zero-order valence-electron chi connectivity index (χ0n) is 13.3. The van der Waals surface area contributed by atoms with E-state index in [0.717, 1.165) is 16.8 Å². The summed E-state index contributed by atoms with van der Waals surface area (Å²) in [5, 5.41) is 14.9. The standard InChI is InChI=1S/C18H22N2O2S/c1-2-3-4-7-15-9-11-16(12-10-15)19-17(21)14-23-18-8-5-6-13-20(18)22/h5-6,8-13H,2-4,7,14H2,1H3,(H,19,21). The number of hydrogen-bond acceptors (Lipinski definition) is 3. The van der Waals surface area contributed by atoms with Gasteiger partial charge in [0.15, 0.2) is 6.20 Å². The van der Waals surface area contributed by atoms with Crippen LogP contribution in [0.1, 0.15) is 31.7 Å². The van der Waals surface area contributed by atoms with Crippen LogP contribution in [-0.4, -0.2) is 11.7 Å². The van der Waals surface area contributed by atoms with Gasteiger partial charge in [0.25, 0.3) is 5.03 Å². The number of carbonyl (C=O) groups excluding carboxylic acids is 1. The summed E-state index contributed by atoms with van der Waals surface area (Å²) >= 11 is 1.23. The lowest BCUT2D eigenvalue weighted by atomic mass is 10.1. The summed E-state index contributed by atoms with van der Waals surface area (Å²) in [6, 6.07) is 13.1. The highest BCUT2D eigenvalue weighted by molar-refractivity contribution is 7.99. The minimum atomic E-state index is -0.113. The lowest BCUT2D eigenvalue weighted by Gasteiger charge is -2.07. The second kappa shape index (κ2) is 9.20. The first-order chi connectivity index (χ1) is 11.2. The zero-order valence-corrected chi connectivity index (χ0v) is 14.1. The van der Waals surface area contributed by atoms with Crippen LogP contribution in [-0.2, 0) is 11.2 Å². The summed E-state index contributed by atoms with van der Waals surface area (Å²) in [4.78, 5) is 11.9. The van der Waals surface area contributed by atoms with Crippen LogP contribution in [0.4, 0.5) is 5.69 Å². The van der Waals surface area contributed by atoms with Crippen molar-refractivity contribution in [3.05, 3.63) is 59.4 Å². The van der Waals surface area contributed by atoms with E-state index in [-0.39, 0.29) is 11.7 Å². The van der Waals surface area contributed by atoms with E-state index in [1.807, 2.05) is 12.1 Å². The Balaban J connectivity index is 1.80. The number of benzene rings is 1. The van der Waals surface area contributed by atoms with Gasteiger partial charge in [-0.2, -0.15) is 4.73 Å². The number of thioether (sulfide) groups is 1. The first-order valence-electron chi connectivity index (χ1n) is 7.89. The third-order valence-corrected chi connectivity index (χ3v) is 4.46. The highest BCUT2D eigenvalue weighted by atomic mass is 32.2. The number of anilines is 1. The van der Waals surface area contributed by atoms with Crippen LogP contribution in [0.5, 0.6) is 0 Å². The summed E-state index contributed by atoms with van der Waals surface area (Å²) < 4.78 is 0.767. The molecule has 0 spiro atoms. The SMILES string of the molecule is CCCCCc1ccc(NC(=O)CSc2cccc[n+]2[O-])cc1. The molecule has 0 fully saturated rings. The molecule has 5 heteroatoms. The number of amides is 1. The average molecular weight is 330 g/mol. The van der Waals surface area contributed by atoms with Gasteiger partial charge in [0.2, 0.25) is 5.91 Å². The number of aromatic nitrogens is 1. The van der Waals surface area contributed by atoms with Gasteiger partial charge >= 0.3 is 0 Å².